The number of hydrogen-bond donors (Lipinski definition) is 0. The van der Waals surface area contributed by atoms with Gasteiger partial charge in [-0.05, 0) is 42.7 Å². The molecule has 0 aliphatic carbocycles. The lowest BCUT2D eigenvalue weighted by Crippen LogP contribution is -2.49. The molecule has 6 nitrogen and oxygen atoms in total. The summed E-state index contributed by atoms with van der Waals surface area (Å²) in [5, 5.41) is 6.64. The molecule has 1 atom stereocenters. The molecule has 3 aromatic carbocycles. The monoisotopic (exact) mass is 496 g/mol. The Morgan fingerprint density at radius 1 is 0.919 bits per heavy atom. The van der Waals surface area contributed by atoms with E-state index in [-0.39, 0.29) is 11.9 Å². The smallest absolute Gasteiger partial charge is 0.257 e. The molecule has 0 unspecified atom stereocenters. The van der Waals surface area contributed by atoms with Gasteiger partial charge in [-0.2, -0.15) is 5.10 Å². The molecule has 1 amide bonds. The normalized spacial score (nSPS) is 18.6. The molecular formula is C31H36N4O2. The highest BCUT2D eigenvalue weighted by atomic mass is 16.5. The molecule has 0 spiro atoms. The van der Waals surface area contributed by atoms with Gasteiger partial charge < -0.3 is 4.74 Å². The number of nitrogens with zero attached hydrogens (tertiary/aromatic N) is 4. The minimum absolute atomic E-state index is 0.0455. The van der Waals surface area contributed by atoms with E-state index < -0.39 is 0 Å². The molecule has 5 rings (SSSR count). The van der Waals surface area contributed by atoms with Crippen molar-refractivity contribution in [3.05, 3.63) is 101 Å². The number of hydrazone groups is 1. The first-order chi connectivity index (χ1) is 18.0. The number of piperazine rings is 1. The Bertz CT molecular complexity index is 1270. The molecule has 1 saturated heterocycles. The van der Waals surface area contributed by atoms with Crippen molar-refractivity contribution in [2.75, 3.05) is 39.8 Å². The molecule has 2 aliphatic rings. The third-order valence-electron chi connectivity index (χ3n) is 7.41. The summed E-state index contributed by atoms with van der Waals surface area (Å²) >= 11 is 0. The lowest BCUT2D eigenvalue weighted by Gasteiger charge is -2.35. The Balaban J connectivity index is 1.30. The van der Waals surface area contributed by atoms with Gasteiger partial charge in [-0.3, -0.25) is 14.6 Å². The largest absolute Gasteiger partial charge is 0.497 e. The number of hydrogen-bond acceptors (Lipinski definition) is 5. The van der Waals surface area contributed by atoms with Gasteiger partial charge in [0, 0.05) is 44.7 Å². The predicted molar refractivity (Wildman–Crippen MR) is 148 cm³/mol. The van der Waals surface area contributed by atoms with Crippen LogP contribution in [0.2, 0.25) is 0 Å². The van der Waals surface area contributed by atoms with Crippen molar-refractivity contribution in [2.24, 2.45) is 5.10 Å². The van der Waals surface area contributed by atoms with E-state index in [1.54, 1.807) is 12.1 Å². The molecule has 3 aromatic rings. The van der Waals surface area contributed by atoms with Gasteiger partial charge in [0.15, 0.2) is 0 Å². The van der Waals surface area contributed by atoms with Crippen molar-refractivity contribution in [1.29, 1.82) is 0 Å². The summed E-state index contributed by atoms with van der Waals surface area (Å²) in [5.41, 5.74) is 6.87. The average Bonchev–Trinajstić information content (AvgIpc) is 3.36. The molecule has 0 N–H and O–H groups in total. The van der Waals surface area contributed by atoms with Crippen molar-refractivity contribution in [1.82, 2.24) is 14.8 Å². The molecule has 0 radical (unpaired) electrons. The van der Waals surface area contributed by atoms with Crippen LogP contribution >= 0.6 is 0 Å². The Hall–Kier alpha value is -3.48. The van der Waals surface area contributed by atoms with E-state index in [1.165, 1.54) is 16.7 Å². The van der Waals surface area contributed by atoms with E-state index in [1.807, 2.05) is 18.2 Å². The van der Waals surface area contributed by atoms with Gasteiger partial charge in [-0.15, -0.1) is 0 Å². The number of ether oxygens (including phenoxy) is 1. The van der Waals surface area contributed by atoms with E-state index >= 15 is 0 Å². The van der Waals surface area contributed by atoms with Crippen LogP contribution < -0.4 is 4.74 Å². The van der Waals surface area contributed by atoms with Gasteiger partial charge in [0.2, 0.25) is 0 Å². The quantitative estimate of drug-likeness (QED) is 0.471. The highest BCUT2D eigenvalue weighted by Gasteiger charge is 2.34. The molecule has 192 valence electrons. The van der Waals surface area contributed by atoms with Crippen LogP contribution in [0.3, 0.4) is 0 Å². The molecule has 2 aliphatic heterocycles. The van der Waals surface area contributed by atoms with Crippen LogP contribution in [0, 0.1) is 13.8 Å². The van der Waals surface area contributed by atoms with Crippen LogP contribution in [0.1, 0.15) is 40.3 Å². The van der Waals surface area contributed by atoms with Crippen LogP contribution in [0.5, 0.6) is 5.75 Å². The van der Waals surface area contributed by atoms with Crippen molar-refractivity contribution in [3.63, 3.8) is 0 Å². The fraction of sp³-hybridized carbons (Fsp3) is 0.355. The highest BCUT2D eigenvalue weighted by molar-refractivity contribution is 6.04. The predicted octanol–water partition coefficient (Wildman–Crippen LogP) is 4.81. The average molecular weight is 497 g/mol. The number of carbonyl (C=O) groups is 1. The fourth-order valence-corrected chi connectivity index (χ4v) is 5.36. The summed E-state index contributed by atoms with van der Waals surface area (Å²) in [6.07, 6.45) is 0.688. The Morgan fingerprint density at radius 3 is 2.41 bits per heavy atom. The lowest BCUT2D eigenvalue weighted by molar-refractivity contribution is -0.134. The zero-order valence-electron chi connectivity index (χ0n) is 22.1. The molecule has 1 fully saturated rings. The summed E-state index contributed by atoms with van der Waals surface area (Å²) in [7, 11) is 1.67. The van der Waals surface area contributed by atoms with Crippen molar-refractivity contribution in [2.45, 2.75) is 32.9 Å². The number of aryl methyl sites for hydroxylation is 2. The first-order valence-corrected chi connectivity index (χ1v) is 13.1. The van der Waals surface area contributed by atoms with Gasteiger partial charge in [-0.1, -0.05) is 66.2 Å². The first-order valence-electron chi connectivity index (χ1n) is 13.1. The van der Waals surface area contributed by atoms with E-state index in [4.69, 9.17) is 9.84 Å². The maximum absolute atomic E-state index is 13.7. The number of amides is 1. The Morgan fingerprint density at radius 2 is 1.68 bits per heavy atom. The SMILES string of the molecule is COc1cccc([C@@H]2CC(c3ccc(C)cc3C)=NN2C(=O)CN2CCN(Cc3ccccc3)CC2)c1. The minimum atomic E-state index is -0.141. The van der Waals surface area contributed by atoms with Gasteiger partial charge >= 0.3 is 0 Å². The molecule has 6 heteroatoms. The number of rotatable bonds is 7. The van der Waals surface area contributed by atoms with Crippen molar-refractivity contribution >= 4 is 11.6 Å². The summed E-state index contributed by atoms with van der Waals surface area (Å²) in [4.78, 5) is 18.4. The zero-order valence-corrected chi connectivity index (χ0v) is 22.1. The second-order valence-corrected chi connectivity index (χ2v) is 10.1. The van der Waals surface area contributed by atoms with Crippen LogP contribution in [-0.4, -0.2) is 66.3 Å². The third-order valence-corrected chi connectivity index (χ3v) is 7.41. The second-order valence-electron chi connectivity index (χ2n) is 10.1. The minimum Gasteiger partial charge on any atom is -0.497 e. The summed E-state index contributed by atoms with van der Waals surface area (Å²) in [6, 6.07) is 24.9. The zero-order chi connectivity index (χ0) is 25.8. The molecule has 0 saturated carbocycles. The van der Waals surface area contributed by atoms with E-state index in [2.05, 4.69) is 78.2 Å². The molecule has 0 bridgehead atoms. The summed E-state index contributed by atoms with van der Waals surface area (Å²) in [6.45, 7) is 9.22. The number of methoxy groups -OCH3 is 1. The second kappa shape index (κ2) is 11.3. The lowest BCUT2D eigenvalue weighted by atomic mass is 9.95. The topological polar surface area (TPSA) is 48.4 Å². The number of carbonyl (C=O) groups excluding carboxylic acids is 1. The van der Waals surface area contributed by atoms with Crippen LogP contribution in [-0.2, 0) is 11.3 Å². The van der Waals surface area contributed by atoms with Crippen LogP contribution in [0.15, 0.2) is 77.9 Å². The molecule has 2 heterocycles. The molecule has 37 heavy (non-hydrogen) atoms. The van der Waals surface area contributed by atoms with E-state index in [9.17, 15) is 4.79 Å². The number of benzene rings is 3. The van der Waals surface area contributed by atoms with E-state index in [0.29, 0.717) is 13.0 Å². The van der Waals surface area contributed by atoms with Crippen LogP contribution in [0.25, 0.3) is 0 Å². The van der Waals surface area contributed by atoms with Gasteiger partial charge in [-0.25, -0.2) is 5.01 Å². The van der Waals surface area contributed by atoms with Gasteiger partial charge in [0.05, 0.1) is 25.4 Å². The first kappa shape index (κ1) is 25.2. The highest BCUT2D eigenvalue weighted by Crippen LogP contribution is 2.35. The maximum Gasteiger partial charge on any atom is 0.257 e. The molecular weight excluding hydrogens is 460 g/mol. The van der Waals surface area contributed by atoms with Crippen LogP contribution in [0.4, 0.5) is 0 Å². The molecule has 0 aromatic heterocycles. The van der Waals surface area contributed by atoms with Gasteiger partial charge in [0.1, 0.15) is 5.75 Å². The van der Waals surface area contributed by atoms with E-state index in [0.717, 1.165) is 55.3 Å². The third kappa shape index (κ3) is 5.92. The summed E-state index contributed by atoms with van der Waals surface area (Å²) < 4.78 is 5.47. The van der Waals surface area contributed by atoms with Gasteiger partial charge in [0.25, 0.3) is 5.91 Å². The Kier molecular flexibility index (Phi) is 7.68. The maximum atomic E-state index is 13.7. The van der Waals surface area contributed by atoms with Crippen molar-refractivity contribution < 1.29 is 9.53 Å². The standard InChI is InChI=1S/C31H36N4O2/c1-23-12-13-28(24(2)18-23)29-20-30(26-10-7-11-27(19-26)37-3)35(32-29)31(36)22-34-16-14-33(15-17-34)21-25-8-5-4-6-9-25/h4-13,18-19,30H,14-17,20-22H2,1-3H3/t30-/m0/s1. The Labute approximate surface area is 220 Å². The summed E-state index contributed by atoms with van der Waals surface area (Å²) in [5.74, 6) is 0.837. The van der Waals surface area contributed by atoms with Crippen molar-refractivity contribution in [3.8, 4) is 5.75 Å². The fourth-order valence-electron chi connectivity index (χ4n) is 5.36.